The van der Waals surface area contributed by atoms with Crippen LogP contribution in [0.15, 0.2) is 18.2 Å². The summed E-state index contributed by atoms with van der Waals surface area (Å²) in [6.45, 7) is 6.77. The van der Waals surface area contributed by atoms with E-state index in [2.05, 4.69) is 6.92 Å². The van der Waals surface area contributed by atoms with Gasteiger partial charge in [0.15, 0.2) is 11.9 Å². The van der Waals surface area contributed by atoms with E-state index in [-0.39, 0.29) is 23.5 Å². The number of unbranched alkanes of at least 4 members (excludes halogenated alkanes) is 3. The number of amides is 1. The fraction of sp³-hybridized carbons (Fsp3) is 0.579. The third-order valence-corrected chi connectivity index (χ3v) is 4.54. The Morgan fingerprint density at radius 1 is 1.29 bits per heavy atom. The largest absolute Gasteiger partial charge is 0.478 e. The second-order valence-corrected chi connectivity index (χ2v) is 6.84. The number of hydrogen-bond acceptors (Lipinski definition) is 3. The lowest BCUT2D eigenvalue weighted by atomic mass is 10.0. The number of anilines is 1. The molecule has 1 amide bonds. The molecule has 4 nitrogen and oxygen atoms in total. The van der Waals surface area contributed by atoms with E-state index in [9.17, 15) is 9.59 Å². The molecular weight excluding hydrogens is 326 g/mol. The summed E-state index contributed by atoms with van der Waals surface area (Å²) in [7, 11) is 0. The first-order chi connectivity index (χ1) is 11.5. The van der Waals surface area contributed by atoms with Crippen molar-refractivity contribution in [1.82, 2.24) is 0 Å². The van der Waals surface area contributed by atoms with Crippen molar-refractivity contribution in [2.45, 2.75) is 52.6 Å². The number of halogens is 1. The standard InChI is InChI=1S/C19H26ClNO3/c1-4-5-6-7-10-21-15-11-14(16(22)12-20)8-9-17(15)24-18(13(2)3)19(21)23/h8-9,11,13,18H,4-7,10,12H2,1-3H3. The van der Waals surface area contributed by atoms with Gasteiger partial charge in [-0.1, -0.05) is 40.0 Å². The first-order valence-corrected chi connectivity index (χ1v) is 9.24. The van der Waals surface area contributed by atoms with Crippen LogP contribution in [-0.4, -0.2) is 30.2 Å². The van der Waals surface area contributed by atoms with Gasteiger partial charge in [0, 0.05) is 12.1 Å². The predicted molar refractivity (Wildman–Crippen MR) is 97.2 cm³/mol. The monoisotopic (exact) mass is 351 g/mol. The summed E-state index contributed by atoms with van der Waals surface area (Å²) in [5.74, 6) is 0.509. The Kier molecular flexibility index (Phi) is 6.67. The van der Waals surface area contributed by atoms with Crippen molar-refractivity contribution in [1.29, 1.82) is 0 Å². The minimum absolute atomic E-state index is 0.0236. The van der Waals surface area contributed by atoms with Crippen LogP contribution in [0.25, 0.3) is 0 Å². The first kappa shape index (κ1) is 18.8. The van der Waals surface area contributed by atoms with Crippen molar-refractivity contribution in [3.8, 4) is 5.75 Å². The van der Waals surface area contributed by atoms with Gasteiger partial charge in [0.05, 0.1) is 11.6 Å². The molecule has 1 aromatic rings. The summed E-state index contributed by atoms with van der Waals surface area (Å²) < 4.78 is 5.90. The molecule has 0 aliphatic carbocycles. The first-order valence-electron chi connectivity index (χ1n) is 8.70. The minimum Gasteiger partial charge on any atom is -0.478 e. The molecule has 0 saturated carbocycles. The van der Waals surface area contributed by atoms with E-state index in [1.807, 2.05) is 13.8 Å². The van der Waals surface area contributed by atoms with Crippen LogP contribution in [0.4, 0.5) is 5.69 Å². The van der Waals surface area contributed by atoms with E-state index in [1.165, 1.54) is 0 Å². The van der Waals surface area contributed by atoms with Gasteiger partial charge >= 0.3 is 0 Å². The number of ketones is 1. The highest BCUT2D eigenvalue weighted by molar-refractivity contribution is 6.30. The highest BCUT2D eigenvalue weighted by Gasteiger charge is 2.36. The lowest BCUT2D eigenvalue weighted by Crippen LogP contribution is -2.48. The summed E-state index contributed by atoms with van der Waals surface area (Å²) in [6.07, 6.45) is 3.86. The molecule has 1 aliphatic heterocycles. The van der Waals surface area contributed by atoms with Crippen molar-refractivity contribution in [2.75, 3.05) is 17.3 Å². The van der Waals surface area contributed by atoms with Crippen LogP contribution in [0.1, 0.15) is 56.8 Å². The number of nitrogens with zero attached hydrogens (tertiary/aromatic N) is 1. The van der Waals surface area contributed by atoms with Crippen molar-refractivity contribution < 1.29 is 14.3 Å². The van der Waals surface area contributed by atoms with E-state index in [0.29, 0.717) is 23.5 Å². The van der Waals surface area contributed by atoms with Gasteiger partial charge in [-0.2, -0.15) is 0 Å². The van der Waals surface area contributed by atoms with Gasteiger partial charge in [-0.15, -0.1) is 11.6 Å². The summed E-state index contributed by atoms with van der Waals surface area (Å²) in [5.41, 5.74) is 1.20. The van der Waals surface area contributed by atoms with Gasteiger partial charge in [-0.3, -0.25) is 9.59 Å². The Labute approximate surface area is 149 Å². The number of carbonyl (C=O) groups is 2. The van der Waals surface area contributed by atoms with Gasteiger partial charge < -0.3 is 9.64 Å². The van der Waals surface area contributed by atoms with Crippen LogP contribution in [0.5, 0.6) is 5.75 Å². The van der Waals surface area contributed by atoms with Crippen LogP contribution >= 0.6 is 11.6 Å². The molecule has 1 unspecified atom stereocenters. The maximum atomic E-state index is 12.8. The minimum atomic E-state index is -0.474. The number of carbonyl (C=O) groups excluding carboxylic acids is 2. The molecule has 1 aromatic carbocycles. The molecule has 24 heavy (non-hydrogen) atoms. The summed E-state index contributed by atoms with van der Waals surface area (Å²) in [6, 6.07) is 5.22. The average Bonchev–Trinajstić information content (AvgIpc) is 2.58. The molecule has 0 aromatic heterocycles. The topological polar surface area (TPSA) is 46.6 Å². The third-order valence-electron chi connectivity index (χ3n) is 4.30. The van der Waals surface area contributed by atoms with Crippen molar-refractivity contribution in [3.05, 3.63) is 23.8 Å². The van der Waals surface area contributed by atoms with E-state index in [4.69, 9.17) is 16.3 Å². The molecule has 1 atom stereocenters. The van der Waals surface area contributed by atoms with Crippen molar-refractivity contribution >= 4 is 29.0 Å². The molecule has 1 heterocycles. The Morgan fingerprint density at radius 3 is 2.67 bits per heavy atom. The Bertz CT molecular complexity index is 600. The lowest BCUT2D eigenvalue weighted by molar-refractivity contribution is -0.128. The molecule has 2 rings (SSSR count). The van der Waals surface area contributed by atoms with Gasteiger partial charge in [-0.25, -0.2) is 0 Å². The number of Topliss-reactive ketones (excluding diaryl/α,β-unsaturated/α-hetero) is 1. The normalized spacial score (nSPS) is 17.0. The van der Waals surface area contributed by atoms with Crippen LogP contribution in [-0.2, 0) is 4.79 Å². The number of ether oxygens (including phenoxy) is 1. The fourth-order valence-electron chi connectivity index (χ4n) is 2.89. The average molecular weight is 352 g/mol. The zero-order chi connectivity index (χ0) is 17.7. The van der Waals surface area contributed by atoms with Gasteiger partial charge in [-0.05, 0) is 30.5 Å². The summed E-state index contributed by atoms with van der Waals surface area (Å²) >= 11 is 5.66. The maximum Gasteiger partial charge on any atom is 0.268 e. The summed E-state index contributed by atoms with van der Waals surface area (Å²) in [5, 5.41) is 0. The molecule has 132 valence electrons. The molecule has 0 saturated heterocycles. The number of rotatable bonds is 8. The zero-order valence-electron chi connectivity index (χ0n) is 14.7. The molecule has 1 aliphatic rings. The van der Waals surface area contributed by atoms with E-state index in [0.717, 1.165) is 25.7 Å². The van der Waals surface area contributed by atoms with Crippen LogP contribution in [0, 0.1) is 5.92 Å². The molecule has 5 heteroatoms. The Hall–Kier alpha value is -1.55. The number of hydrogen-bond donors (Lipinski definition) is 0. The predicted octanol–water partition coefficient (Wildman–Crippen LogP) is 4.44. The molecule has 0 bridgehead atoms. The molecule has 0 radical (unpaired) electrons. The molecule has 0 N–H and O–H groups in total. The van der Waals surface area contributed by atoms with Gasteiger partial charge in [0.1, 0.15) is 5.75 Å². The highest BCUT2D eigenvalue weighted by Crippen LogP contribution is 2.37. The highest BCUT2D eigenvalue weighted by atomic mass is 35.5. The third kappa shape index (κ3) is 4.10. The van der Waals surface area contributed by atoms with Crippen molar-refractivity contribution in [3.63, 3.8) is 0 Å². The second kappa shape index (κ2) is 8.52. The zero-order valence-corrected chi connectivity index (χ0v) is 15.4. The van der Waals surface area contributed by atoms with E-state index >= 15 is 0 Å². The van der Waals surface area contributed by atoms with Gasteiger partial charge in [0.25, 0.3) is 5.91 Å². The molecule has 0 fully saturated rings. The maximum absolute atomic E-state index is 12.8. The lowest BCUT2D eigenvalue weighted by Gasteiger charge is -2.36. The van der Waals surface area contributed by atoms with Gasteiger partial charge in [0.2, 0.25) is 0 Å². The number of alkyl halides is 1. The van der Waals surface area contributed by atoms with E-state index in [1.54, 1.807) is 23.1 Å². The molecule has 0 spiro atoms. The summed E-state index contributed by atoms with van der Waals surface area (Å²) in [4.78, 5) is 26.5. The SMILES string of the molecule is CCCCCCN1C(=O)C(C(C)C)Oc2ccc(C(=O)CCl)cc21. The number of benzene rings is 1. The van der Waals surface area contributed by atoms with Crippen LogP contribution < -0.4 is 9.64 Å². The number of fused-ring (bicyclic) bond motifs is 1. The molecular formula is C19H26ClNO3. The fourth-order valence-corrected chi connectivity index (χ4v) is 3.04. The Morgan fingerprint density at radius 2 is 2.04 bits per heavy atom. The van der Waals surface area contributed by atoms with Crippen LogP contribution in [0.3, 0.4) is 0 Å². The second-order valence-electron chi connectivity index (χ2n) is 6.57. The Balaban J connectivity index is 2.31. The van der Waals surface area contributed by atoms with Crippen LogP contribution in [0.2, 0.25) is 0 Å². The van der Waals surface area contributed by atoms with Crippen molar-refractivity contribution in [2.24, 2.45) is 5.92 Å². The quantitative estimate of drug-likeness (QED) is 0.395. The smallest absolute Gasteiger partial charge is 0.268 e. The van der Waals surface area contributed by atoms with E-state index < -0.39 is 6.10 Å².